The quantitative estimate of drug-likeness (QED) is 0.0693. The molecule has 5 aromatic rings. The lowest BCUT2D eigenvalue weighted by Gasteiger charge is -2.19. The van der Waals surface area contributed by atoms with Crippen molar-refractivity contribution < 1.29 is 4.74 Å². The highest BCUT2D eigenvalue weighted by atomic mass is 35.5. The van der Waals surface area contributed by atoms with Crippen LogP contribution >= 0.6 is 46.7 Å². The van der Waals surface area contributed by atoms with Gasteiger partial charge in [0.1, 0.15) is 5.75 Å². The van der Waals surface area contributed by atoms with Crippen LogP contribution in [0.4, 0.5) is 5.69 Å². The highest BCUT2D eigenvalue weighted by molar-refractivity contribution is 8.17. The minimum absolute atomic E-state index is 0.0522. The highest BCUT2D eigenvalue weighted by Gasteiger charge is 2.20. The molecule has 0 unspecified atom stereocenters. The van der Waals surface area contributed by atoms with Crippen molar-refractivity contribution >= 4 is 58.3 Å². The lowest BCUT2D eigenvalue weighted by atomic mass is 10.0. The van der Waals surface area contributed by atoms with Crippen LogP contribution in [0, 0.1) is 6.92 Å². The zero-order valence-corrected chi connectivity index (χ0v) is 26.9. The van der Waals surface area contributed by atoms with Crippen molar-refractivity contribution in [2.45, 2.75) is 47.0 Å². The molecule has 6 rings (SSSR count). The number of thioether (sulfide) groups is 2. The zero-order chi connectivity index (χ0) is 29.6. The van der Waals surface area contributed by atoms with Crippen molar-refractivity contribution in [2.24, 2.45) is 4.99 Å². The molecule has 216 valence electrons. The largest absolute Gasteiger partial charge is 0.443 e. The number of rotatable bonds is 9. The Labute approximate surface area is 272 Å². The molecule has 0 spiro atoms. The topological polar surface area (TPSA) is 21.6 Å². The van der Waals surface area contributed by atoms with Crippen LogP contribution < -0.4 is 4.74 Å². The van der Waals surface area contributed by atoms with Crippen molar-refractivity contribution in [3.05, 3.63) is 142 Å². The van der Waals surface area contributed by atoms with Crippen LogP contribution in [-0.2, 0) is 12.8 Å². The van der Waals surface area contributed by atoms with Crippen molar-refractivity contribution in [2.75, 3.05) is 0 Å². The van der Waals surface area contributed by atoms with Crippen LogP contribution in [-0.4, -0.2) is 10.5 Å². The summed E-state index contributed by atoms with van der Waals surface area (Å²) in [6.07, 6.45) is 4.02. The smallest absolute Gasteiger partial charge is 0.197 e. The van der Waals surface area contributed by atoms with Crippen LogP contribution in [0.3, 0.4) is 0 Å². The molecule has 0 amide bonds. The Morgan fingerprint density at radius 2 is 1.42 bits per heavy atom. The van der Waals surface area contributed by atoms with E-state index in [1.807, 2.05) is 36.4 Å². The first-order chi connectivity index (χ1) is 21.0. The van der Waals surface area contributed by atoms with E-state index in [1.54, 1.807) is 23.5 Å². The molecule has 0 N–H and O–H groups in total. The van der Waals surface area contributed by atoms with Gasteiger partial charge in [0.15, 0.2) is 5.90 Å². The first-order valence-corrected chi connectivity index (χ1v) is 16.9. The molecule has 0 saturated carbocycles. The molecular weight excluding hydrogens is 609 g/mol. The molecule has 0 aromatic heterocycles. The summed E-state index contributed by atoms with van der Waals surface area (Å²) < 4.78 is 6.65. The molecule has 0 saturated heterocycles. The van der Waals surface area contributed by atoms with E-state index in [0.717, 1.165) is 34.1 Å². The fourth-order valence-corrected chi connectivity index (χ4v) is 8.38. The van der Waals surface area contributed by atoms with E-state index >= 15 is 0 Å². The molecule has 0 atom stereocenters. The zero-order valence-electron chi connectivity index (χ0n) is 23.8. The van der Waals surface area contributed by atoms with Gasteiger partial charge in [-0.2, -0.15) is 0 Å². The highest BCUT2D eigenvalue weighted by Crippen LogP contribution is 2.40. The maximum atomic E-state index is 6.60. The molecule has 0 bridgehead atoms. The number of hydrogen-bond donors (Lipinski definition) is 0. The minimum Gasteiger partial charge on any atom is -0.443 e. The third kappa shape index (κ3) is 8.07. The maximum Gasteiger partial charge on any atom is 0.197 e. The second kappa shape index (κ2) is 14.1. The summed E-state index contributed by atoms with van der Waals surface area (Å²) in [4.78, 5) is 7.26. The van der Waals surface area contributed by atoms with Crippen molar-refractivity contribution in [1.29, 1.82) is 0 Å². The van der Waals surface area contributed by atoms with Gasteiger partial charge in [-0.1, -0.05) is 77.8 Å². The van der Waals surface area contributed by atoms with E-state index in [0.29, 0.717) is 22.4 Å². The third-order valence-corrected chi connectivity index (χ3v) is 10.3. The monoisotopic (exact) mass is 639 g/mol. The van der Waals surface area contributed by atoms with Gasteiger partial charge in [0.05, 0.1) is 10.3 Å². The summed E-state index contributed by atoms with van der Waals surface area (Å²) in [7, 11) is 0. The first kappa shape index (κ1) is 29.9. The average Bonchev–Trinajstić information content (AvgIpc) is 3.46. The van der Waals surface area contributed by atoms with Gasteiger partial charge in [-0.05, 0) is 115 Å². The van der Waals surface area contributed by atoms with Gasteiger partial charge in [0, 0.05) is 26.3 Å². The van der Waals surface area contributed by atoms with E-state index in [-0.39, 0.29) is 4.58 Å². The SMILES string of the molecule is Cc1ccccc1-c1ccc(N=C(CC(Sc2cccc(Cl)c2)Sc2cccc(Cl)c2)Oc2ccc3c(c2)CCC3)cc1. The molecule has 0 fully saturated rings. The maximum absolute atomic E-state index is 6.60. The molecule has 2 nitrogen and oxygen atoms in total. The first-order valence-electron chi connectivity index (χ1n) is 14.4. The van der Waals surface area contributed by atoms with E-state index in [4.69, 9.17) is 32.9 Å². The Balaban J connectivity index is 1.33. The van der Waals surface area contributed by atoms with Gasteiger partial charge in [-0.15, -0.1) is 23.5 Å². The van der Waals surface area contributed by atoms with Crippen LogP contribution in [0.2, 0.25) is 10.0 Å². The summed E-state index contributed by atoms with van der Waals surface area (Å²) in [5.41, 5.74) is 7.29. The van der Waals surface area contributed by atoms with Crippen LogP contribution in [0.25, 0.3) is 11.1 Å². The molecule has 0 aliphatic heterocycles. The lowest BCUT2D eigenvalue weighted by Crippen LogP contribution is -2.14. The molecule has 0 radical (unpaired) electrons. The summed E-state index contributed by atoms with van der Waals surface area (Å²) >= 11 is 16.2. The van der Waals surface area contributed by atoms with E-state index < -0.39 is 0 Å². The van der Waals surface area contributed by atoms with Gasteiger partial charge in [0.25, 0.3) is 0 Å². The third-order valence-electron chi connectivity index (χ3n) is 7.35. The molecule has 43 heavy (non-hydrogen) atoms. The Hall–Kier alpha value is -3.15. The number of benzene rings is 5. The second-order valence-corrected chi connectivity index (χ2v) is 14.3. The van der Waals surface area contributed by atoms with Gasteiger partial charge >= 0.3 is 0 Å². The predicted octanol–water partition coefficient (Wildman–Crippen LogP) is 11.9. The van der Waals surface area contributed by atoms with Gasteiger partial charge < -0.3 is 4.74 Å². The summed E-state index contributed by atoms with van der Waals surface area (Å²) in [5.74, 6) is 1.49. The number of ether oxygens (including phenoxy) is 1. The lowest BCUT2D eigenvalue weighted by molar-refractivity contribution is 0.534. The summed E-state index contributed by atoms with van der Waals surface area (Å²) in [5, 5.41) is 1.43. The van der Waals surface area contributed by atoms with Crippen molar-refractivity contribution in [1.82, 2.24) is 0 Å². The Morgan fingerprint density at radius 1 is 0.744 bits per heavy atom. The molecule has 0 heterocycles. The molecule has 5 aromatic carbocycles. The molecule has 1 aliphatic carbocycles. The molecule has 1 aliphatic rings. The van der Waals surface area contributed by atoms with Crippen molar-refractivity contribution in [3.63, 3.8) is 0 Å². The Bertz CT molecular complexity index is 1710. The van der Waals surface area contributed by atoms with Crippen molar-refractivity contribution in [3.8, 4) is 16.9 Å². The second-order valence-electron chi connectivity index (χ2n) is 10.5. The number of fused-ring (bicyclic) bond motifs is 1. The van der Waals surface area contributed by atoms with Crippen LogP contribution in [0.1, 0.15) is 29.5 Å². The fraction of sp³-hybridized carbons (Fsp3) is 0.162. The number of halogens is 2. The number of aliphatic imine (C=N–C) groups is 1. The number of hydrogen-bond acceptors (Lipinski definition) is 4. The minimum atomic E-state index is 0.0522. The standard InChI is InChI=1S/C37H31Cl2NOS2/c1-25-7-2-3-14-35(25)27-15-18-31(19-16-27)40-36(41-32-20-17-26-8-4-9-28(26)21-32)24-37(42-33-12-5-10-29(38)22-33)43-34-13-6-11-30(39)23-34/h2-3,5-7,10-23,37H,4,8-9,24H2,1H3. The molecular formula is C37H31Cl2NOS2. The average molecular weight is 641 g/mol. The van der Waals surface area contributed by atoms with E-state index in [2.05, 4.69) is 85.8 Å². The summed E-state index contributed by atoms with van der Waals surface area (Å²) in [6.45, 7) is 2.14. The molecule has 6 heteroatoms. The van der Waals surface area contributed by atoms with Crippen LogP contribution in [0.15, 0.2) is 130 Å². The summed E-state index contributed by atoms with van der Waals surface area (Å²) in [6, 6.07) is 39.2. The van der Waals surface area contributed by atoms with Gasteiger partial charge in [-0.25, -0.2) is 4.99 Å². The van der Waals surface area contributed by atoms with Gasteiger partial charge in [-0.3, -0.25) is 0 Å². The van der Waals surface area contributed by atoms with E-state index in [1.165, 1.54) is 34.2 Å². The van der Waals surface area contributed by atoms with E-state index in [9.17, 15) is 0 Å². The Kier molecular flexibility index (Phi) is 9.80. The normalized spacial score (nSPS) is 12.9. The number of nitrogens with zero attached hydrogens (tertiary/aromatic N) is 1. The Morgan fingerprint density at radius 3 is 2.09 bits per heavy atom. The fourth-order valence-electron chi connectivity index (χ4n) is 5.25. The number of aryl methyl sites for hydroxylation is 3. The van der Waals surface area contributed by atoms with Crippen LogP contribution in [0.5, 0.6) is 5.75 Å². The van der Waals surface area contributed by atoms with Gasteiger partial charge in [0.2, 0.25) is 0 Å². The predicted molar refractivity (Wildman–Crippen MR) is 186 cm³/mol.